The number of nitrogens with one attached hydrogen (secondary N) is 1. The van der Waals surface area contributed by atoms with E-state index >= 15 is 0 Å². The Labute approximate surface area is 148 Å². The van der Waals surface area contributed by atoms with Crippen LogP contribution in [-0.4, -0.2) is 44.3 Å². The van der Waals surface area contributed by atoms with E-state index in [4.69, 9.17) is 4.74 Å². The summed E-state index contributed by atoms with van der Waals surface area (Å²) in [5, 5.41) is 2.53. The van der Waals surface area contributed by atoms with E-state index in [2.05, 4.69) is 5.32 Å². The van der Waals surface area contributed by atoms with E-state index in [1.165, 1.54) is 22.5 Å². The second-order valence-corrected chi connectivity index (χ2v) is 7.13. The molecule has 0 fully saturated rings. The van der Waals surface area contributed by atoms with Crippen molar-refractivity contribution in [3.8, 4) is 0 Å². The zero-order valence-electron chi connectivity index (χ0n) is 14.9. The van der Waals surface area contributed by atoms with Crippen molar-refractivity contribution in [2.45, 2.75) is 32.6 Å². The molecule has 0 aromatic heterocycles. The molecule has 1 aromatic rings. The summed E-state index contributed by atoms with van der Waals surface area (Å²) in [5.74, 6) is -1.17. The van der Waals surface area contributed by atoms with Gasteiger partial charge in [-0.15, -0.1) is 0 Å². The fourth-order valence-electron chi connectivity index (χ4n) is 2.18. The van der Waals surface area contributed by atoms with Crippen LogP contribution < -0.4 is 5.32 Å². The van der Waals surface area contributed by atoms with Crippen LogP contribution in [-0.2, 0) is 24.3 Å². The van der Waals surface area contributed by atoms with Gasteiger partial charge in [-0.3, -0.25) is 4.79 Å². The summed E-state index contributed by atoms with van der Waals surface area (Å²) in [6.07, 6.45) is 2.71. The second kappa shape index (κ2) is 9.33. The van der Waals surface area contributed by atoms with Gasteiger partial charge < -0.3 is 10.1 Å². The molecule has 8 heteroatoms. The minimum absolute atomic E-state index is 0.139. The lowest BCUT2D eigenvalue weighted by Gasteiger charge is -2.20. The third-order valence-electron chi connectivity index (χ3n) is 3.44. The molecule has 0 radical (unpaired) electrons. The van der Waals surface area contributed by atoms with Gasteiger partial charge in [0.2, 0.25) is 10.0 Å². The van der Waals surface area contributed by atoms with Gasteiger partial charge in [0, 0.05) is 24.9 Å². The standard InChI is InChI=1S/C17H24N2O5S/c1-5-8-17(21)24-12-16(20)18-14-10-9-13(4)15(11-14)25(22,23)19(6-2)7-3/h5,8-11H,6-7,12H2,1-4H3,(H,18,20)/b8-5+. The third-order valence-corrected chi connectivity index (χ3v) is 5.64. The van der Waals surface area contributed by atoms with E-state index in [0.29, 0.717) is 24.3 Å². The molecule has 25 heavy (non-hydrogen) atoms. The number of anilines is 1. The van der Waals surface area contributed by atoms with E-state index in [1.807, 2.05) is 0 Å². The summed E-state index contributed by atoms with van der Waals surface area (Å²) < 4.78 is 31.4. The number of amides is 1. The van der Waals surface area contributed by atoms with Crippen LogP contribution in [0.5, 0.6) is 0 Å². The SMILES string of the molecule is C/C=C/C(=O)OCC(=O)Nc1ccc(C)c(S(=O)(=O)N(CC)CC)c1. The fourth-order valence-corrected chi connectivity index (χ4v) is 3.89. The summed E-state index contributed by atoms with van der Waals surface area (Å²) >= 11 is 0. The van der Waals surface area contributed by atoms with Crippen molar-refractivity contribution in [1.29, 1.82) is 0 Å². The molecule has 0 saturated carbocycles. The first-order valence-electron chi connectivity index (χ1n) is 7.96. The highest BCUT2D eigenvalue weighted by Crippen LogP contribution is 2.23. The van der Waals surface area contributed by atoms with Crippen molar-refractivity contribution in [2.75, 3.05) is 25.0 Å². The Morgan fingerprint density at radius 2 is 1.88 bits per heavy atom. The number of benzene rings is 1. The molecule has 0 atom stereocenters. The molecule has 0 aliphatic heterocycles. The highest BCUT2D eigenvalue weighted by molar-refractivity contribution is 7.89. The molecule has 0 heterocycles. The van der Waals surface area contributed by atoms with E-state index in [-0.39, 0.29) is 4.90 Å². The number of nitrogens with zero attached hydrogens (tertiary/aromatic N) is 1. The number of aryl methyl sites for hydroxylation is 1. The molecule has 138 valence electrons. The van der Waals surface area contributed by atoms with Gasteiger partial charge in [0.25, 0.3) is 5.91 Å². The van der Waals surface area contributed by atoms with E-state index in [0.717, 1.165) is 0 Å². The van der Waals surface area contributed by atoms with Crippen LogP contribution in [0.1, 0.15) is 26.3 Å². The van der Waals surface area contributed by atoms with Crippen molar-refractivity contribution < 1.29 is 22.7 Å². The normalized spacial score (nSPS) is 11.7. The average Bonchev–Trinajstić information content (AvgIpc) is 2.55. The predicted molar refractivity (Wildman–Crippen MR) is 95.7 cm³/mol. The van der Waals surface area contributed by atoms with Crippen LogP contribution in [0.3, 0.4) is 0 Å². The molecule has 0 aliphatic rings. The zero-order chi connectivity index (χ0) is 19.0. The molecular weight excluding hydrogens is 344 g/mol. The molecule has 0 spiro atoms. The first kappa shape index (κ1) is 20.9. The highest BCUT2D eigenvalue weighted by Gasteiger charge is 2.24. The third kappa shape index (κ3) is 5.68. The van der Waals surface area contributed by atoms with Gasteiger partial charge in [-0.2, -0.15) is 4.31 Å². The number of hydrogen-bond acceptors (Lipinski definition) is 5. The fraction of sp³-hybridized carbons (Fsp3) is 0.412. The van der Waals surface area contributed by atoms with Crippen molar-refractivity contribution in [3.63, 3.8) is 0 Å². The lowest BCUT2D eigenvalue weighted by molar-refractivity contribution is -0.142. The number of carbonyl (C=O) groups excluding carboxylic acids is 2. The number of rotatable bonds is 8. The Bertz CT molecular complexity index is 752. The summed E-state index contributed by atoms with van der Waals surface area (Å²) in [7, 11) is -3.64. The lowest BCUT2D eigenvalue weighted by Crippen LogP contribution is -2.31. The van der Waals surface area contributed by atoms with E-state index < -0.39 is 28.5 Å². The van der Waals surface area contributed by atoms with Crippen LogP contribution in [0.2, 0.25) is 0 Å². The molecule has 1 aromatic carbocycles. The van der Waals surface area contributed by atoms with Crippen LogP contribution in [0.15, 0.2) is 35.2 Å². The second-order valence-electron chi connectivity index (χ2n) is 5.23. The quantitative estimate of drug-likeness (QED) is 0.560. The summed E-state index contributed by atoms with van der Waals surface area (Å²) in [6.45, 7) is 7.15. The van der Waals surface area contributed by atoms with Crippen LogP contribution >= 0.6 is 0 Å². The van der Waals surface area contributed by atoms with E-state index in [9.17, 15) is 18.0 Å². The minimum Gasteiger partial charge on any atom is -0.452 e. The molecule has 7 nitrogen and oxygen atoms in total. The number of carbonyl (C=O) groups is 2. The average molecular weight is 368 g/mol. The van der Waals surface area contributed by atoms with Crippen molar-refractivity contribution in [3.05, 3.63) is 35.9 Å². The van der Waals surface area contributed by atoms with Gasteiger partial charge >= 0.3 is 5.97 Å². The van der Waals surface area contributed by atoms with Gasteiger partial charge in [-0.1, -0.05) is 26.0 Å². The maximum atomic E-state index is 12.7. The Balaban J connectivity index is 2.95. The van der Waals surface area contributed by atoms with Crippen molar-refractivity contribution >= 4 is 27.6 Å². The molecule has 1 N–H and O–H groups in total. The van der Waals surface area contributed by atoms with Gasteiger partial charge in [0.05, 0.1) is 4.90 Å². The number of ether oxygens (including phenoxy) is 1. The molecule has 0 unspecified atom stereocenters. The van der Waals surface area contributed by atoms with Crippen LogP contribution in [0, 0.1) is 6.92 Å². The van der Waals surface area contributed by atoms with Gasteiger partial charge in [0.15, 0.2) is 6.61 Å². The zero-order valence-corrected chi connectivity index (χ0v) is 15.7. The highest BCUT2D eigenvalue weighted by atomic mass is 32.2. The van der Waals surface area contributed by atoms with Gasteiger partial charge in [-0.05, 0) is 31.5 Å². The summed E-state index contributed by atoms with van der Waals surface area (Å²) in [6, 6.07) is 4.63. The molecule has 1 amide bonds. The number of allylic oxidation sites excluding steroid dienone is 1. The first-order valence-corrected chi connectivity index (χ1v) is 9.40. The van der Waals surface area contributed by atoms with Gasteiger partial charge in [0.1, 0.15) is 0 Å². The number of sulfonamides is 1. The van der Waals surface area contributed by atoms with Gasteiger partial charge in [-0.25, -0.2) is 13.2 Å². The molecule has 0 bridgehead atoms. The molecule has 1 rings (SSSR count). The van der Waals surface area contributed by atoms with Crippen LogP contribution in [0.4, 0.5) is 5.69 Å². The molecule has 0 saturated heterocycles. The Hall–Kier alpha value is -2.19. The summed E-state index contributed by atoms with van der Waals surface area (Å²) in [5.41, 5.74) is 0.910. The Morgan fingerprint density at radius 1 is 1.24 bits per heavy atom. The lowest BCUT2D eigenvalue weighted by atomic mass is 10.2. The summed E-state index contributed by atoms with van der Waals surface area (Å²) in [4.78, 5) is 23.2. The topological polar surface area (TPSA) is 92.8 Å². The minimum atomic E-state index is -3.64. The Kier molecular flexibility index (Phi) is 7.79. The maximum Gasteiger partial charge on any atom is 0.330 e. The number of esters is 1. The smallest absolute Gasteiger partial charge is 0.330 e. The number of hydrogen-bond donors (Lipinski definition) is 1. The first-order chi connectivity index (χ1) is 11.8. The Morgan fingerprint density at radius 3 is 2.44 bits per heavy atom. The predicted octanol–water partition coefficient (Wildman–Crippen LogP) is 2.08. The maximum absolute atomic E-state index is 12.7. The largest absolute Gasteiger partial charge is 0.452 e. The molecule has 0 aliphatic carbocycles. The van der Waals surface area contributed by atoms with Crippen molar-refractivity contribution in [2.24, 2.45) is 0 Å². The van der Waals surface area contributed by atoms with Crippen molar-refractivity contribution in [1.82, 2.24) is 4.31 Å². The van der Waals surface area contributed by atoms with Crippen LogP contribution in [0.25, 0.3) is 0 Å². The molecular formula is C17H24N2O5S. The monoisotopic (exact) mass is 368 g/mol. The van der Waals surface area contributed by atoms with E-state index in [1.54, 1.807) is 39.8 Å².